The molecule has 0 atom stereocenters. The van der Waals surface area contributed by atoms with Gasteiger partial charge in [0.15, 0.2) is 0 Å². The van der Waals surface area contributed by atoms with E-state index in [4.69, 9.17) is 34.8 Å². The smallest absolute Gasteiger partial charge is 0.130 e. The first kappa shape index (κ1) is 13.0. The van der Waals surface area contributed by atoms with E-state index < -0.39 is 0 Å². The van der Waals surface area contributed by atoms with Crippen LogP contribution in [0.3, 0.4) is 0 Å². The second-order valence-electron chi connectivity index (χ2n) is 3.23. The number of nitrogens with one attached hydrogen (secondary N) is 1. The van der Waals surface area contributed by atoms with E-state index in [-0.39, 0.29) is 0 Å². The standard InChI is InChI=1S/C11H6BrCl3N2/c12-6-1-2-11(16-5-6)17-10-4-8(14)7(13)3-9(10)15/h1-5H,(H,16,17). The lowest BCUT2D eigenvalue weighted by Crippen LogP contribution is -1.94. The molecule has 0 aliphatic rings. The number of halogens is 4. The van der Waals surface area contributed by atoms with Crippen LogP contribution in [0, 0.1) is 0 Å². The van der Waals surface area contributed by atoms with Crippen LogP contribution >= 0.6 is 50.7 Å². The second-order valence-corrected chi connectivity index (χ2v) is 5.37. The Morgan fingerprint density at radius 2 is 1.71 bits per heavy atom. The lowest BCUT2D eigenvalue weighted by atomic mass is 10.3. The average molecular weight is 352 g/mol. The Bertz CT molecular complexity index is 543. The Morgan fingerprint density at radius 1 is 1.00 bits per heavy atom. The summed E-state index contributed by atoms with van der Waals surface area (Å²) in [6.07, 6.45) is 1.69. The molecular formula is C11H6BrCl3N2. The number of aromatic nitrogens is 1. The Labute approximate surface area is 122 Å². The summed E-state index contributed by atoms with van der Waals surface area (Å²) < 4.78 is 0.906. The third kappa shape index (κ3) is 3.26. The molecule has 1 aromatic carbocycles. The molecule has 0 aliphatic heterocycles. The number of hydrogen-bond donors (Lipinski definition) is 1. The van der Waals surface area contributed by atoms with Gasteiger partial charge in [-0.2, -0.15) is 0 Å². The first-order chi connectivity index (χ1) is 8.06. The zero-order chi connectivity index (χ0) is 12.4. The molecule has 0 saturated heterocycles. The zero-order valence-electron chi connectivity index (χ0n) is 8.35. The van der Waals surface area contributed by atoms with Gasteiger partial charge in [0.25, 0.3) is 0 Å². The Kier molecular flexibility index (Phi) is 4.15. The highest BCUT2D eigenvalue weighted by molar-refractivity contribution is 9.10. The van der Waals surface area contributed by atoms with Crippen molar-refractivity contribution in [2.45, 2.75) is 0 Å². The van der Waals surface area contributed by atoms with Crippen LogP contribution < -0.4 is 5.32 Å². The van der Waals surface area contributed by atoms with Gasteiger partial charge in [-0.15, -0.1) is 0 Å². The third-order valence-electron chi connectivity index (χ3n) is 2.00. The van der Waals surface area contributed by atoms with E-state index in [1.165, 1.54) is 0 Å². The third-order valence-corrected chi connectivity index (χ3v) is 3.50. The molecule has 2 aromatic rings. The summed E-state index contributed by atoms with van der Waals surface area (Å²) in [4.78, 5) is 4.17. The molecule has 2 nitrogen and oxygen atoms in total. The molecule has 2 rings (SSSR count). The molecule has 0 bridgehead atoms. The molecule has 0 radical (unpaired) electrons. The van der Waals surface area contributed by atoms with Gasteiger partial charge in [-0.3, -0.25) is 0 Å². The maximum atomic E-state index is 6.04. The topological polar surface area (TPSA) is 24.9 Å². The first-order valence-electron chi connectivity index (χ1n) is 4.59. The van der Waals surface area contributed by atoms with Crippen LogP contribution in [0.15, 0.2) is 34.9 Å². The summed E-state index contributed by atoms with van der Waals surface area (Å²) in [6, 6.07) is 6.95. The minimum Gasteiger partial charge on any atom is -0.339 e. The van der Waals surface area contributed by atoms with Crippen molar-refractivity contribution in [3.8, 4) is 0 Å². The molecule has 1 heterocycles. The molecule has 88 valence electrons. The van der Waals surface area contributed by atoms with Crippen molar-refractivity contribution in [2.75, 3.05) is 5.32 Å². The number of nitrogens with zero attached hydrogens (tertiary/aromatic N) is 1. The predicted molar refractivity (Wildman–Crippen MR) is 76.7 cm³/mol. The summed E-state index contributed by atoms with van der Waals surface area (Å²) in [5.41, 5.74) is 0.663. The number of rotatable bonds is 2. The molecular weight excluding hydrogens is 346 g/mol. The second kappa shape index (κ2) is 5.44. The fourth-order valence-corrected chi connectivity index (χ4v) is 2.03. The minimum absolute atomic E-state index is 0.422. The van der Waals surface area contributed by atoms with Crippen LogP contribution in [0.1, 0.15) is 0 Å². The van der Waals surface area contributed by atoms with Crippen molar-refractivity contribution in [2.24, 2.45) is 0 Å². The summed E-state index contributed by atoms with van der Waals surface area (Å²) in [5.74, 6) is 0.675. The van der Waals surface area contributed by atoms with E-state index in [1.54, 1.807) is 18.3 Å². The first-order valence-corrected chi connectivity index (χ1v) is 6.52. The van der Waals surface area contributed by atoms with Crippen LogP contribution in [0.2, 0.25) is 15.1 Å². The van der Waals surface area contributed by atoms with Crippen molar-refractivity contribution in [1.29, 1.82) is 0 Å². The Hall–Kier alpha value is -0.480. The summed E-state index contributed by atoms with van der Waals surface area (Å²) in [7, 11) is 0. The number of anilines is 2. The van der Waals surface area contributed by atoms with Gasteiger partial charge in [0.2, 0.25) is 0 Å². The van der Waals surface area contributed by atoms with Crippen LogP contribution in [0.25, 0.3) is 0 Å². The molecule has 1 N–H and O–H groups in total. The number of hydrogen-bond acceptors (Lipinski definition) is 2. The van der Waals surface area contributed by atoms with Gasteiger partial charge < -0.3 is 5.32 Å². The number of benzene rings is 1. The largest absolute Gasteiger partial charge is 0.339 e. The normalized spacial score (nSPS) is 10.4. The predicted octanol–water partition coefficient (Wildman–Crippen LogP) is 5.55. The monoisotopic (exact) mass is 350 g/mol. The van der Waals surface area contributed by atoms with E-state index in [2.05, 4.69) is 26.2 Å². The molecule has 0 aliphatic carbocycles. The summed E-state index contributed by atoms with van der Waals surface area (Å²) in [5, 5.41) is 4.41. The maximum Gasteiger partial charge on any atom is 0.130 e. The van der Waals surface area contributed by atoms with Gasteiger partial charge >= 0.3 is 0 Å². The van der Waals surface area contributed by atoms with Crippen LogP contribution in [0.5, 0.6) is 0 Å². The summed E-state index contributed by atoms with van der Waals surface area (Å²) in [6.45, 7) is 0. The van der Waals surface area contributed by atoms with Gasteiger partial charge in [-0.1, -0.05) is 34.8 Å². The molecule has 6 heteroatoms. The number of pyridine rings is 1. The molecule has 17 heavy (non-hydrogen) atoms. The van der Waals surface area contributed by atoms with E-state index in [0.717, 1.165) is 4.47 Å². The van der Waals surface area contributed by atoms with Gasteiger partial charge in [-0.05, 0) is 40.2 Å². The van der Waals surface area contributed by atoms with Crippen molar-refractivity contribution in [3.63, 3.8) is 0 Å². The van der Waals surface area contributed by atoms with Gasteiger partial charge in [-0.25, -0.2) is 4.98 Å². The van der Waals surface area contributed by atoms with Gasteiger partial charge in [0, 0.05) is 10.7 Å². The zero-order valence-corrected chi connectivity index (χ0v) is 12.2. The summed E-state index contributed by atoms with van der Waals surface area (Å²) >= 11 is 21.1. The quantitative estimate of drug-likeness (QED) is 0.717. The molecule has 0 saturated carbocycles. The maximum absolute atomic E-state index is 6.04. The molecule has 0 fully saturated rings. The van der Waals surface area contributed by atoms with Crippen molar-refractivity contribution in [3.05, 3.63) is 50.0 Å². The average Bonchev–Trinajstić information content (AvgIpc) is 2.29. The van der Waals surface area contributed by atoms with Crippen molar-refractivity contribution < 1.29 is 0 Å². The SMILES string of the molecule is Clc1cc(Cl)c(Nc2ccc(Br)cn2)cc1Cl. The highest BCUT2D eigenvalue weighted by atomic mass is 79.9. The molecule has 0 amide bonds. The minimum atomic E-state index is 0.422. The van der Waals surface area contributed by atoms with E-state index >= 15 is 0 Å². The Balaban J connectivity index is 2.30. The van der Waals surface area contributed by atoms with Crippen molar-refractivity contribution in [1.82, 2.24) is 4.98 Å². The molecule has 1 aromatic heterocycles. The van der Waals surface area contributed by atoms with Crippen LogP contribution in [0.4, 0.5) is 11.5 Å². The highest BCUT2D eigenvalue weighted by Crippen LogP contribution is 2.33. The van der Waals surface area contributed by atoms with E-state index in [1.807, 2.05) is 12.1 Å². The van der Waals surface area contributed by atoms with E-state index in [0.29, 0.717) is 26.6 Å². The fraction of sp³-hybridized carbons (Fsp3) is 0. The molecule has 0 spiro atoms. The fourth-order valence-electron chi connectivity index (χ4n) is 1.21. The lowest BCUT2D eigenvalue weighted by molar-refractivity contribution is 1.29. The van der Waals surface area contributed by atoms with Crippen molar-refractivity contribution >= 4 is 62.2 Å². The Morgan fingerprint density at radius 3 is 2.35 bits per heavy atom. The lowest BCUT2D eigenvalue weighted by Gasteiger charge is -2.09. The van der Waals surface area contributed by atoms with Gasteiger partial charge in [0.05, 0.1) is 20.8 Å². The molecule has 0 unspecified atom stereocenters. The van der Waals surface area contributed by atoms with E-state index in [9.17, 15) is 0 Å². The van der Waals surface area contributed by atoms with Crippen LogP contribution in [-0.4, -0.2) is 4.98 Å². The van der Waals surface area contributed by atoms with Crippen LogP contribution in [-0.2, 0) is 0 Å². The van der Waals surface area contributed by atoms with Gasteiger partial charge in [0.1, 0.15) is 5.82 Å². The highest BCUT2D eigenvalue weighted by Gasteiger charge is 2.06.